The Morgan fingerprint density at radius 2 is 1.92 bits per heavy atom. The van der Waals surface area contributed by atoms with E-state index in [1.807, 2.05) is 6.07 Å². The predicted octanol–water partition coefficient (Wildman–Crippen LogP) is 1.08. The SMILES string of the molecule is COc1ccc(S(=O)(=O)N[C@@H](C)C(=O)NCc2cccnc2)cc1OC. The van der Waals surface area contributed by atoms with Gasteiger partial charge in [0.25, 0.3) is 0 Å². The molecule has 1 aromatic heterocycles. The van der Waals surface area contributed by atoms with Gasteiger partial charge in [0, 0.05) is 25.0 Å². The average Bonchev–Trinajstić information content (AvgIpc) is 2.65. The predicted molar refractivity (Wildman–Crippen MR) is 95.4 cm³/mol. The lowest BCUT2D eigenvalue weighted by atomic mass is 10.2. The minimum Gasteiger partial charge on any atom is -0.493 e. The number of hydrogen-bond donors (Lipinski definition) is 2. The van der Waals surface area contributed by atoms with Crippen LogP contribution in [0, 0.1) is 0 Å². The zero-order chi connectivity index (χ0) is 19.2. The van der Waals surface area contributed by atoms with Crippen LogP contribution in [-0.2, 0) is 21.4 Å². The molecule has 2 aromatic rings. The highest BCUT2D eigenvalue weighted by Gasteiger charge is 2.23. The molecule has 0 saturated carbocycles. The lowest BCUT2D eigenvalue weighted by Crippen LogP contribution is -2.44. The summed E-state index contributed by atoms with van der Waals surface area (Å²) >= 11 is 0. The Hall–Kier alpha value is -2.65. The maximum atomic E-state index is 12.5. The molecular formula is C17H21N3O5S. The van der Waals surface area contributed by atoms with Gasteiger partial charge >= 0.3 is 0 Å². The van der Waals surface area contributed by atoms with Gasteiger partial charge in [0.1, 0.15) is 0 Å². The first-order valence-corrected chi connectivity index (χ1v) is 9.26. The summed E-state index contributed by atoms with van der Waals surface area (Å²) < 4.78 is 37.5. The summed E-state index contributed by atoms with van der Waals surface area (Å²) in [6.45, 7) is 1.73. The van der Waals surface area contributed by atoms with E-state index in [0.29, 0.717) is 5.75 Å². The number of carbonyl (C=O) groups is 1. The Morgan fingerprint density at radius 1 is 1.19 bits per heavy atom. The second-order valence-corrected chi connectivity index (χ2v) is 7.15. The third-order valence-electron chi connectivity index (χ3n) is 3.58. The zero-order valence-corrected chi connectivity index (χ0v) is 15.5. The van der Waals surface area contributed by atoms with Gasteiger partial charge < -0.3 is 14.8 Å². The number of ether oxygens (including phenoxy) is 2. The Kier molecular flexibility index (Phi) is 6.53. The minimum absolute atomic E-state index is 0.0259. The van der Waals surface area contributed by atoms with E-state index in [1.54, 1.807) is 18.5 Å². The van der Waals surface area contributed by atoms with E-state index >= 15 is 0 Å². The van der Waals surface area contributed by atoms with Crippen molar-refractivity contribution in [1.82, 2.24) is 15.0 Å². The van der Waals surface area contributed by atoms with Crippen molar-refractivity contribution in [1.29, 1.82) is 0 Å². The van der Waals surface area contributed by atoms with Gasteiger partial charge in [-0.2, -0.15) is 4.72 Å². The van der Waals surface area contributed by atoms with Crippen LogP contribution in [0.2, 0.25) is 0 Å². The van der Waals surface area contributed by atoms with Crippen LogP contribution in [0.15, 0.2) is 47.6 Å². The lowest BCUT2D eigenvalue weighted by molar-refractivity contribution is -0.122. The van der Waals surface area contributed by atoms with Gasteiger partial charge in [0.2, 0.25) is 15.9 Å². The van der Waals surface area contributed by atoms with Crippen molar-refractivity contribution >= 4 is 15.9 Å². The second-order valence-electron chi connectivity index (χ2n) is 5.44. The summed E-state index contributed by atoms with van der Waals surface area (Å²) in [5.74, 6) is 0.246. The molecule has 0 aliphatic rings. The summed E-state index contributed by atoms with van der Waals surface area (Å²) in [7, 11) is -1.03. The highest BCUT2D eigenvalue weighted by atomic mass is 32.2. The van der Waals surface area contributed by atoms with Crippen molar-refractivity contribution in [3.8, 4) is 11.5 Å². The Morgan fingerprint density at radius 3 is 2.54 bits per heavy atom. The topological polar surface area (TPSA) is 107 Å². The van der Waals surface area contributed by atoms with Gasteiger partial charge in [-0.25, -0.2) is 8.42 Å². The van der Waals surface area contributed by atoms with Gasteiger partial charge in [-0.15, -0.1) is 0 Å². The Labute approximate surface area is 152 Å². The van der Waals surface area contributed by atoms with Crippen LogP contribution in [0.4, 0.5) is 0 Å². The Bertz CT molecular complexity index is 856. The molecule has 2 N–H and O–H groups in total. The molecule has 0 unspecified atom stereocenters. The summed E-state index contributed by atoms with van der Waals surface area (Å²) in [6, 6.07) is 6.81. The quantitative estimate of drug-likeness (QED) is 0.711. The normalized spacial score (nSPS) is 12.3. The number of methoxy groups -OCH3 is 2. The fraction of sp³-hybridized carbons (Fsp3) is 0.294. The molecule has 140 valence electrons. The first-order valence-electron chi connectivity index (χ1n) is 7.78. The second kappa shape index (κ2) is 8.63. The van der Waals surface area contributed by atoms with Crippen molar-refractivity contribution in [3.63, 3.8) is 0 Å². The van der Waals surface area contributed by atoms with Crippen LogP contribution in [0.1, 0.15) is 12.5 Å². The van der Waals surface area contributed by atoms with Crippen LogP contribution in [0.5, 0.6) is 11.5 Å². The number of nitrogens with zero attached hydrogens (tertiary/aromatic N) is 1. The van der Waals surface area contributed by atoms with Crippen LogP contribution in [0.25, 0.3) is 0 Å². The summed E-state index contributed by atoms with van der Waals surface area (Å²) in [6.07, 6.45) is 3.25. The van der Waals surface area contributed by atoms with Crippen LogP contribution < -0.4 is 19.5 Å². The molecule has 1 amide bonds. The molecule has 0 aliphatic heterocycles. The zero-order valence-electron chi connectivity index (χ0n) is 14.7. The molecule has 1 aromatic carbocycles. The number of sulfonamides is 1. The Balaban J connectivity index is 2.04. The molecule has 0 aliphatic carbocycles. The molecule has 0 radical (unpaired) electrons. The number of pyridine rings is 1. The molecule has 0 bridgehead atoms. The largest absolute Gasteiger partial charge is 0.493 e. The molecule has 9 heteroatoms. The van der Waals surface area contributed by atoms with E-state index in [9.17, 15) is 13.2 Å². The third kappa shape index (κ3) is 4.93. The van der Waals surface area contributed by atoms with E-state index < -0.39 is 22.0 Å². The van der Waals surface area contributed by atoms with E-state index in [1.165, 1.54) is 39.3 Å². The molecule has 8 nitrogen and oxygen atoms in total. The van der Waals surface area contributed by atoms with E-state index in [-0.39, 0.29) is 17.2 Å². The first-order chi connectivity index (χ1) is 12.4. The molecule has 2 rings (SSSR count). The summed E-state index contributed by atoms with van der Waals surface area (Å²) in [5, 5.41) is 2.66. The fourth-order valence-corrected chi connectivity index (χ4v) is 3.40. The van der Waals surface area contributed by atoms with E-state index in [2.05, 4.69) is 15.0 Å². The van der Waals surface area contributed by atoms with Gasteiger partial charge in [-0.05, 0) is 30.7 Å². The molecule has 26 heavy (non-hydrogen) atoms. The molecule has 0 spiro atoms. The average molecular weight is 379 g/mol. The van der Waals surface area contributed by atoms with E-state index in [4.69, 9.17) is 9.47 Å². The number of amides is 1. The maximum absolute atomic E-state index is 12.5. The summed E-state index contributed by atoms with van der Waals surface area (Å²) in [4.78, 5) is 16.1. The maximum Gasteiger partial charge on any atom is 0.241 e. The lowest BCUT2D eigenvalue weighted by Gasteiger charge is -2.15. The first kappa shape index (κ1) is 19.7. The van der Waals surface area contributed by atoms with Gasteiger partial charge in [-0.3, -0.25) is 9.78 Å². The van der Waals surface area contributed by atoms with E-state index in [0.717, 1.165) is 5.56 Å². The van der Waals surface area contributed by atoms with Gasteiger partial charge in [0.05, 0.1) is 25.2 Å². The van der Waals surface area contributed by atoms with Crippen LogP contribution in [-0.4, -0.2) is 39.6 Å². The van der Waals surface area contributed by atoms with Crippen molar-refractivity contribution in [2.45, 2.75) is 24.4 Å². The minimum atomic E-state index is -3.90. The van der Waals surface area contributed by atoms with Crippen molar-refractivity contribution < 1.29 is 22.7 Å². The number of aromatic nitrogens is 1. The van der Waals surface area contributed by atoms with Crippen molar-refractivity contribution in [2.75, 3.05) is 14.2 Å². The molecular weight excluding hydrogens is 358 g/mol. The monoisotopic (exact) mass is 379 g/mol. The van der Waals surface area contributed by atoms with Crippen LogP contribution in [0.3, 0.4) is 0 Å². The number of nitrogens with one attached hydrogen (secondary N) is 2. The van der Waals surface area contributed by atoms with Crippen molar-refractivity contribution in [2.24, 2.45) is 0 Å². The standard InChI is InChI=1S/C17H21N3O5S/c1-12(17(21)19-11-13-5-4-8-18-10-13)20-26(22,23)14-6-7-15(24-2)16(9-14)25-3/h4-10,12,20H,11H2,1-3H3,(H,19,21)/t12-/m0/s1. The number of benzene rings is 1. The van der Waals surface area contributed by atoms with Gasteiger partial charge in [0.15, 0.2) is 11.5 Å². The number of rotatable bonds is 8. The fourth-order valence-electron chi connectivity index (χ4n) is 2.18. The highest BCUT2D eigenvalue weighted by molar-refractivity contribution is 7.89. The third-order valence-corrected chi connectivity index (χ3v) is 5.12. The molecule has 0 saturated heterocycles. The smallest absolute Gasteiger partial charge is 0.241 e. The highest BCUT2D eigenvalue weighted by Crippen LogP contribution is 2.29. The number of carbonyl (C=O) groups excluding carboxylic acids is 1. The van der Waals surface area contributed by atoms with Crippen LogP contribution >= 0.6 is 0 Å². The van der Waals surface area contributed by atoms with Gasteiger partial charge in [-0.1, -0.05) is 6.07 Å². The molecule has 1 atom stereocenters. The number of hydrogen-bond acceptors (Lipinski definition) is 6. The molecule has 1 heterocycles. The molecule has 0 fully saturated rings. The summed E-state index contributed by atoms with van der Waals surface area (Å²) in [5.41, 5.74) is 0.816. The van der Waals surface area contributed by atoms with Crippen molar-refractivity contribution in [3.05, 3.63) is 48.3 Å².